The summed E-state index contributed by atoms with van der Waals surface area (Å²) in [5.41, 5.74) is 0.181. The van der Waals surface area contributed by atoms with E-state index in [1.165, 1.54) is 26.2 Å². The van der Waals surface area contributed by atoms with Crippen LogP contribution in [0.3, 0.4) is 0 Å². The summed E-state index contributed by atoms with van der Waals surface area (Å²) in [7, 11) is 1.41. The van der Waals surface area contributed by atoms with Gasteiger partial charge in [-0.25, -0.2) is 0 Å². The van der Waals surface area contributed by atoms with Crippen molar-refractivity contribution in [3.8, 4) is 5.75 Å². The molecule has 0 aromatic heterocycles. The number of nitrogens with zero attached hydrogens (tertiary/aromatic N) is 1. The highest BCUT2D eigenvalue weighted by Crippen LogP contribution is 2.34. The molecule has 112 valence electrons. The first-order valence-corrected chi connectivity index (χ1v) is 6.78. The van der Waals surface area contributed by atoms with Crippen LogP contribution in [0.4, 0.5) is 0 Å². The van der Waals surface area contributed by atoms with Gasteiger partial charge in [-0.2, -0.15) is 0 Å². The Labute approximate surface area is 130 Å². The average Bonchev–Trinajstić information content (AvgIpc) is 2.41. The fraction of sp³-hybridized carbons (Fsp3) is 0.308. The van der Waals surface area contributed by atoms with Gasteiger partial charge in [0.05, 0.1) is 17.2 Å². The summed E-state index contributed by atoms with van der Waals surface area (Å²) in [6.07, 6.45) is 0. The van der Waals surface area contributed by atoms with Gasteiger partial charge in [0.1, 0.15) is 12.6 Å². The van der Waals surface area contributed by atoms with E-state index >= 15 is 0 Å². The fourth-order valence-electron chi connectivity index (χ4n) is 2.01. The third kappa shape index (κ3) is 2.96. The molecule has 1 N–H and O–H groups in total. The van der Waals surface area contributed by atoms with Crippen LogP contribution in [0.2, 0.25) is 10.0 Å². The smallest absolute Gasteiger partial charge is 0.255 e. The van der Waals surface area contributed by atoms with Crippen LogP contribution in [-0.4, -0.2) is 42.3 Å². The minimum atomic E-state index is -0.755. The third-order valence-electron chi connectivity index (χ3n) is 3.13. The number of methoxy groups -OCH3 is 1. The number of halogens is 2. The first kappa shape index (κ1) is 15.6. The molecule has 1 aromatic rings. The van der Waals surface area contributed by atoms with Crippen LogP contribution in [0.25, 0.3) is 0 Å². The maximum atomic E-state index is 12.4. The van der Waals surface area contributed by atoms with E-state index in [0.29, 0.717) is 0 Å². The molecular weight excluding hydrogens is 319 g/mol. The van der Waals surface area contributed by atoms with Crippen molar-refractivity contribution < 1.29 is 19.1 Å². The third-order valence-corrected chi connectivity index (χ3v) is 3.70. The Morgan fingerprint density at radius 1 is 1.33 bits per heavy atom. The van der Waals surface area contributed by atoms with Crippen molar-refractivity contribution in [1.29, 1.82) is 0 Å². The number of hydrogen-bond acceptors (Lipinski definition) is 4. The predicted molar refractivity (Wildman–Crippen MR) is 76.7 cm³/mol. The first-order chi connectivity index (χ1) is 9.85. The van der Waals surface area contributed by atoms with Crippen LogP contribution in [0.1, 0.15) is 17.3 Å². The Bertz CT molecular complexity index is 610. The Kier molecular flexibility index (Phi) is 4.39. The number of benzene rings is 1. The van der Waals surface area contributed by atoms with Gasteiger partial charge in [-0.15, -0.1) is 0 Å². The Balaban J connectivity index is 2.35. The zero-order chi connectivity index (χ0) is 15.7. The molecule has 2 rings (SSSR count). The second-order valence-corrected chi connectivity index (χ2v) is 5.31. The lowest BCUT2D eigenvalue weighted by molar-refractivity contribution is -0.138. The molecule has 1 atom stereocenters. The van der Waals surface area contributed by atoms with E-state index in [1.807, 2.05) is 0 Å². The van der Waals surface area contributed by atoms with E-state index in [2.05, 4.69) is 5.32 Å². The molecule has 1 saturated heterocycles. The van der Waals surface area contributed by atoms with Crippen molar-refractivity contribution >= 4 is 40.9 Å². The maximum absolute atomic E-state index is 12.4. The molecule has 6 nitrogen and oxygen atoms in total. The largest absolute Gasteiger partial charge is 0.494 e. The highest BCUT2D eigenvalue weighted by Gasteiger charge is 2.34. The van der Waals surface area contributed by atoms with E-state index in [1.54, 1.807) is 0 Å². The number of hydrogen-bond donors (Lipinski definition) is 1. The molecule has 1 heterocycles. The van der Waals surface area contributed by atoms with E-state index in [9.17, 15) is 14.4 Å². The van der Waals surface area contributed by atoms with Gasteiger partial charge in [-0.05, 0) is 19.1 Å². The Morgan fingerprint density at radius 2 is 1.90 bits per heavy atom. The maximum Gasteiger partial charge on any atom is 0.255 e. The van der Waals surface area contributed by atoms with Crippen molar-refractivity contribution in [2.24, 2.45) is 0 Å². The molecule has 0 bridgehead atoms. The molecule has 0 spiro atoms. The van der Waals surface area contributed by atoms with Gasteiger partial charge < -0.3 is 9.64 Å². The zero-order valence-electron chi connectivity index (χ0n) is 11.3. The molecule has 1 aliphatic rings. The SMILES string of the molecule is COc1c(Cl)cc(C(=O)N2CC(=O)NC(=O)C2C)cc1Cl. The molecular formula is C13H12Cl2N2O4. The summed E-state index contributed by atoms with van der Waals surface area (Å²) >= 11 is 12.0. The lowest BCUT2D eigenvalue weighted by atomic mass is 10.1. The van der Waals surface area contributed by atoms with Crippen molar-refractivity contribution in [1.82, 2.24) is 10.2 Å². The Hall–Kier alpha value is -1.79. The molecule has 0 aliphatic carbocycles. The summed E-state index contributed by atoms with van der Waals surface area (Å²) in [6, 6.07) is 2.02. The van der Waals surface area contributed by atoms with Crippen molar-refractivity contribution in [3.05, 3.63) is 27.7 Å². The number of rotatable bonds is 2. The van der Waals surface area contributed by atoms with Gasteiger partial charge in [-0.3, -0.25) is 19.7 Å². The number of carbonyl (C=O) groups excluding carboxylic acids is 3. The van der Waals surface area contributed by atoms with Crippen LogP contribution in [-0.2, 0) is 9.59 Å². The van der Waals surface area contributed by atoms with E-state index in [-0.39, 0.29) is 27.9 Å². The number of ether oxygens (including phenoxy) is 1. The van der Waals surface area contributed by atoms with Gasteiger partial charge in [0.25, 0.3) is 5.91 Å². The van der Waals surface area contributed by atoms with Gasteiger partial charge in [-0.1, -0.05) is 23.2 Å². The first-order valence-electron chi connectivity index (χ1n) is 6.03. The summed E-state index contributed by atoms with van der Waals surface area (Å²) < 4.78 is 5.00. The number of carbonyl (C=O) groups is 3. The fourth-order valence-corrected chi connectivity index (χ4v) is 2.65. The quantitative estimate of drug-likeness (QED) is 0.833. The molecule has 0 saturated carbocycles. The summed E-state index contributed by atoms with van der Waals surface area (Å²) in [4.78, 5) is 36.6. The highest BCUT2D eigenvalue weighted by molar-refractivity contribution is 6.37. The average molecular weight is 331 g/mol. The summed E-state index contributed by atoms with van der Waals surface area (Å²) in [5.74, 6) is -1.30. The predicted octanol–water partition coefficient (Wildman–Crippen LogP) is 1.49. The monoisotopic (exact) mass is 330 g/mol. The number of nitrogens with one attached hydrogen (secondary N) is 1. The Morgan fingerprint density at radius 3 is 2.43 bits per heavy atom. The van der Waals surface area contributed by atoms with Crippen molar-refractivity contribution in [2.75, 3.05) is 13.7 Å². The van der Waals surface area contributed by atoms with Crippen molar-refractivity contribution in [3.63, 3.8) is 0 Å². The molecule has 21 heavy (non-hydrogen) atoms. The topological polar surface area (TPSA) is 75.7 Å². The lowest BCUT2D eigenvalue weighted by Gasteiger charge is -2.31. The number of piperazine rings is 1. The van der Waals surface area contributed by atoms with E-state index < -0.39 is 23.8 Å². The lowest BCUT2D eigenvalue weighted by Crippen LogP contribution is -2.58. The van der Waals surface area contributed by atoms with E-state index in [4.69, 9.17) is 27.9 Å². The second-order valence-electron chi connectivity index (χ2n) is 4.49. The van der Waals surface area contributed by atoms with E-state index in [0.717, 1.165) is 4.90 Å². The minimum Gasteiger partial charge on any atom is -0.494 e. The van der Waals surface area contributed by atoms with Crippen LogP contribution < -0.4 is 10.1 Å². The number of amides is 3. The number of imide groups is 1. The van der Waals surface area contributed by atoms with Gasteiger partial charge in [0, 0.05) is 5.56 Å². The molecule has 8 heteroatoms. The molecule has 0 radical (unpaired) electrons. The molecule has 1 unspecified atom stereocenters. The normalized spacial score (nSPS) is 18.5. The standard InChI is InChI=1S/C13H12Cl2N2O4/c1-6-12(19)16-10(18)5-17(6)13(20)7-3-8(14)11(21-2)9(15)4-7/h3-4,6H,5H2,1-2H3,(H,16,18,19). The second kappa shape index (κ2) is 5.91. The van der Waals surface area contributed by atoms with Gasteiger partial charge >= 0.3 is 0 Å². The molecule has 1 aromatic carbocycles. The summed E-state index contributed by atoms with van der Waals surface area (Å²) in [5, 5.41) is 2.51. The summed E-state index contributed by atoms with van der Waals surface area (Å²) in [6.45, 7) is 1.33. The van der Waals surface area contributed by atoms with Gasteiger partial charge in [0.15, 0.2) is 5.75 Å². The van der Waals surface area contributed by atoms with Gasteiger partial charge in [0.2, 0.25) is 11.8 Å². The van der Waals surface area contributed by atoms with Crippen molar-refractivity contribution in [2.45, 2.75) is 13.0 Å². The van der Waals surface area contributed by atoms with Crippen LogP contribution in [0.5, 0.6) is 5.75 Å². The minimum absolute atomic E-state index is 0.175. The highest BCUT2D eigenvalue weighted by atomic mass is 35.5. The van der Waals surface area contributed by atoms with Crippen LogP contribution in [0, 0.1) is 0 Å². The van der Waals surface area contributed by atoms with Crippen LogP contribution in [0.15, 0.2) is 12.1 Å². The molecule has 1 fully saturated rings. The van der Waals surface area contributed by atoms with Crippen LogP contribution >= 0.6 is 23.2 Å². The zero-order valence-corrected chi connectivity index (χ0v) is 12.8. The molecule has 1 aliphatic heterocycles. The molecule has 3 amide bonds.